The van der Waals surface area contributed by atoms with Crippen molar-refractivity contribution in [1.82, 2.24) is 4.72 Å². The average molecular weight is 411 g/mol. The third-order valence-corrected chi connectivity index (χ3v) is 5.23. The smallest absolute Gasteiger partial charge is 0.269 e. The molecular weight excluding hydrogens is 400 g/mol. The average Bonchev–Trinajstić information content (AvgIpc) is 2.53. The van der Waals surface area contributed by atoms with E-state index in [-0.39, 0.29) is 10.6 Å². The molecule has 0 aliphatic carbocycles. The molecule has 0 atom stereocenters. The molecule has 9 heteroatoms. The van der Waals surface area contributed by atoms with E-state index in [0.29, 0.717) is 10.0 Å². The van der Waals surface area contributed by atoms with Gasteiger partial charge in [-0.1, -0.05) is 24.3 Å². The Hall–Kier alpha value is -2.52. The number of nitrogens with zero attached hydrogens (tertiary/aromatic N) is 1. The second-order valence-corrected chi connectivity index (χ2v) is 7.09. The first-order valence-corrected chi connectivity index (χ1v) is 8.81. The van der Waals surface area contributed by atoms with E-state index in [9.17, 15) is 23.3 Å². The summed E-state index contributed by atoms with van der Waals surface area (Å²) in [7, 11) is -4.02. The Morgan fingerprint density at radius 2 is 1.88 bits per heavy atom. The summed E-state index contributed by atoms with van der Waals surface area (Å²) in [6.45, 7) is 0. The SMILES string of the molecule is O=C(/C=C/c1cccc([N+](=O)[O-])c1)NS(=O)(=O)c1ccccc1Br. The Balaban J connectivity index is 2.14. The van der Waals surface area contributed by atoms with Crippen LogP contribution in [0.15, 0.2) is 64.0 Å². The van der Waals surface area contributed by atoms with Crippen LogP contribution in [0.3, 0.4) is 0 Å². The molecule has 0 bridgehead atoms. The molecule has 0 aliphatic rings. The normalized spacial score (nSPS) is 11.4. The number of rotatable bonds is 5. The number of hydrogen-bond donors (Lipinski definition) is 1. The molecular formula is C15H11BrN2O5S. The van der Waals surface area contributed by atoms with Gasteiger partial charge in [0.05, 0.1) is 4.92 Å². The summed E-state index contributed by atoms with van der Waals surface area (Å²) in [4.78, 5) is 21.9. The molecule has 0 aliphatic heterocycles. The Labute approximate surface area is 146 Å². The highest BCUT2D eigenvalue weighted by molar-refractivity contribution is 9.10. The van der Waals surface area contributed by atoms with E-state index in [2.05, 4.69) is 15.9 Å². The predicted molar refractivity (Wildman–Crippen MR) is 91.6 cm³/mol. The molecule has 0 fully saturated rings. The first kappa shape index (κ1) is 17.8. The number of carbonyl (C=O) groups excluding carboxylic acids is 1. The highest BCUT2D eigenvalue weighted by Crippen LogP contribution is 2.20. The van der Waals surface area contributed by atoms with Crippen LogP contribution in [0.4, 0.5) is 5.69 Å². The van der Waals surface area contributed by atoms with Crippen LogP contribution in [0, 0.1) is 10.1 Å². The van der Waals surface area contributed by atoms with Crippen molar-refractivity contribution in [3.8, 4) is 0 Å². The van der Waals surface area contributed by atoms with Crippen LogP contribution in [0.1, 0.15) is 5.56 Å². The highest BCUT2D eigenvalue weighted by Gasteiger charge is 2.18. The largest absolute Gasteiger partial charge is 0.270 e. The van der Waals surface area contributed by atoms with Gasteiger partial charge in [-0.25, -0.2) is 13.1 Å². The summed E-state index contributed by atoms with van der Waals surface area (Å²) >= 11 is 3.11. The minimum atomic E-state index is -4.02. The molecule has 24 heavy (non-hydrogen) atoms. The maximum atomic E-state index is 12.1. The Bertz CT molecular complexity index is 925. The predicted octanol–water partition coefficient (Wildman–Crippen LogP) is 2.88. The van der Waals surface area contributed by atoms with Crippen LogP contribution in [0.25, 0.3) is 6.08 Å². The van der Waals surface area contributed by atoms with Crippen LogP contribution >= 0.6 is 15.9 Å². The van der Waals surface area contributed by atoms with Gasteiger partial charge < -0.3 is 0 Å². The second kappa shape index (κ2) is 7.37. The van der Waals surface area contributed by atoms with Crippen molar-refractivity contribution in [3.05, 3.63) is 74.8 Å². The first-order valence-electron chi connectivity index (χ1n) is 6.53. The lowest BCUT2D eigenvalue weighted by Gasteiger charge is -2.06. The summed E-state index contributed by atoms with van der Waals surface area (Å²) in [5, 5.41) is 10.7. The maximum absolute atomic E-state index is 12.1. The van der Waals surface area contributed by atoms with Gasteiger partial charge in [0.25, 0.3) is 21.6 Å². The van der Waals surface area contributed by atoms with Gasteiger partial charge in [-0.05, 0) is 39.7 Å². The molecule has 0 unspecified atom stereocenters. The lowest BCUT2D eigenvalue weighted by molar-refractivity contribution is -0.384. The number of hydrogen-bond acceptors (Lipinski definition) is 5. The molecule has 0 spiro atoms. The third kappa shape index (κ3) is 4.49. The van der Waals surface area contributed by atoms with Crippen LogP contribution in [-0.2, 0) is 14.8 Å². The molecule has 0 radical (unpaired) electrons. The van der Waals surface area contributed by atoms with Crippen molar-refractivity contribution in [3.63, 3.8) is 0 Å². The molecule has 1 N–H and O–H groups in total. The van der Waals surface area contributed by atoms with Crippen molar-refractivity contribution < 1.29 is 18.1 Å². The number of sulfonamides is 1. The van der Waals surface area contributed by atoms with Gasteiger partial charge in [0.2, 0.25) is 0 Å². The topological polar surface area (TPSA) is 106 Å². The number of amides is 1. The summed E-state index contributed by atoms with van der Waals surface area (Å²) in [5.74, 6) is -0.864. The molecule has 0 aromatic heterocycles. The van der Waals surface area contributed by atoms with Gasteiger partial charge in [0.15, 0.2) is 0 Å². The zero-order valence-corrected chi connectivity index (χ0v) is 14.5. The van der Waals surface area contributed by atoms with Crippen LogP contribution in [0.5, 0.6) is 0 Å². The number of nitro groups is 1. The van der Waals surface area contributed by atoms with E-state index in [1.165, 1.54) is 42.5 Å². The quantitative estimate of drug-likeness (QED) is 0.463. The zero-order chi connectivity index (χ0) is 17.7. The summed E-state index contributed by atoms with van der Waals surface area (Å²) in [6, 6.07) is 11.7. The first-order chi connectivity index (χ1) is 11.3. The minimum Gasteiger partial charge on any atom is -0.269 e. The maximum Gasteiger partial charge on any atom is 0.270 e. The molecule has 2 aromatic carbocycles. The van der Waals surface area contributed by atoms with E-state index in [0.717, 1.165) is 6.08 Å². The van der Waals surface area contributed by atoms with Crippen molar-refractivity contribution in [2.24, 2.45) is 0 Å². The minimum absolute atomic E-state index is 0.0675. The molecule has 124 valence electrons. The van der Waals surface area contributed by atoms with Crippen molar-refractivity contribution in [2.75, 3.05) is 0 Å². The molecule has 0 saturated carbocycles. The zero-order valence-electron chi connectivity index (χ0n) is 12.0. The van der Waals surface area contributed by atoms with Crippen molar-refractivity contribution >= 4 is 43.6 Å². The van der Waals surface area contributed by atoms with Crippen LogP contribution in [0.2, 0.25) is 0 Å². The monoisotopic (exact) mass is 410 g/mol. The Morgan fingerprint density at radius 1 is 1.17 bits per heavy atom. The fraction of sp³-hybridized carbons (Fsp3) is 0. The van der Waals surface area contributed by atoms with Gasteiger partial charge in [-0.2, -0.15) is 0 Å². The van der Waals surface area contributed by atoms with Crippen molar-refractivity contribution in [1.29, 1.82) is 0 Å². The van der Waals surface area contributed by atoms with Crippen molar-refractivity contribution in [2.45, 2.75) is 4.90 Å². The molecule has 7 nitrogen and oxygen atoms in total. The number of nitro benzene ring substituents is 1. The van der Waals surface area contributed by atoms with E-state index < -0.39 is 20.9 Å². The van der Waals surface area contributed by atoms with Gasteiger partial charge in [-0.15, -0.1) is 0 Å². The molecule has 0 heterocycles. The summed E-state index contributed by atoms with van der Waals surface area (Å²) in [5.41, 5.74) is 0.274. The fourth-order valence-corrected chi connectivity index (χ4v) is 3.75. The van der Waals surface area contributed by atoms with Crippen LogP contribution < -0.4 is 4.72 Å². The summed E-state index contributed by atoms with van der Waals surface area (Å²) in [6.07, 6.45) is 2.28. The second-order valence-electron chi connectivity index (χ2n) is 4.59. The Kier molecular flexibility index (Phi) is 5.47. The Morgan fingerprint density at radius 3 is 2.54 bits per heavy atom. The molecule has 1 amide bonds. The van der Waals surface area contributed by atoms with E-state index in [4.69, 9.17) is 0 Å². The number of halogens is 1. The highest BCUT2D eigenvalue weighted by atomic mass is 79.9. The van der Waals surface area contributed by atoms with E-state index in [1.807, 2.05) is 4.72 Å². The fourth-order valence-electron chi connectivity index (χ4n) is 1.80. The number of benzene rings is 2. The van der Waals surface area contributed by atoms with Crippen LogP contribution in [-0.4, -0.2) is 19.2 Å². The standard InChI is InChI=1S/C15H11BrN2O5S/c16-13-6-1-2-7-14(13)24(22,23)17-15(19)9-8-11-4-3-5-12(10-11)18(20)21/h1-10H,(H,17,19)/b9-8+. The molecule has 2 rings (SSSR count). The lowest BCUT2D eigenvalue weighted by Crippen LogP contribution is -2.29. The van der Waals surface area contributed by atoms with Gasteiger partial charge in [0.1, 0.15) is 4.90 Å². The van der Waals surface area contributed by atoms with E-state index >= 15 is 0 Å². The number of non-ortho nitro benzene ring substituents is 1. The number of nitrogens with one attached hydrogen (secondary N) is 1. The number of carbonyl (C=O) groups is 1. The third-order valence-electron chi connectivity index (χ3n) is 2.87. The molecule has 0 saturated heterocycles. The van der Waals surface area contributed by atoms with E-state index in [1.54, 1.807) is 12.1 Å². The lowest BCUT2D eigenvalue weighted by atomic mass is 10.2. The van der Waals surface area contributed by atoms with Gasteiger partial charge in [0, 0.05) is 22.7 Å². The molecule has 2 aromatic rings. The summed E-state index contributed by atoms with van der Waals surface area (Å²) < 4.78 is 26.5. The van der Waals surface area contributed by atoms with Gasteiger partial charge >= 0.3 is 0 Å². The van der Waals surface area contributed by atoms with Gasteiger partial charge in [-0.3, -0.25) is 14.9 Å².